The monoisotopic (exact) mass is 295 g/mol. The van der Waals surface area contributed by atoms with Gasteiger partial charge in [-0.05, 0) is 37.1 Å². The van der Waals surface area contributed by atoms with Gasteiger partial charge < -0.3 is 9.15 Å². The lowest BCUT2D eigenvalue weighted by Crippen LogP contribution is -2.26. The van der Waals surface area contributed by atoms with Gasteiger partial charge >= 0.3 is 0 Å². The lowest BCUT2D eigenvalue weighted by Gasteiger charge is -2.11. The molecule has 20 heavy (non-hydrogen) atoms. The Kier molecular flexibility index (Phi) is 4.81. The third-order valence-corrected chi connectivity index (χ3v) is 4.22. The van der Waals surface area contributed by atoms with Gasteiger partial charge in [-0.1, -0.05) is 12.1 Å². The average Bonchev–Trinajstić information content (AvgIpc) is 2.92. The van der Waals surface area contributed by atoms with Gasteiger partial charge in [-0.3, -0.25) is 0 Å². The number of rotatable bonds is 7. The second-order valence-electron chi connectivity index (χ2n) is 4.16. The molecule has 0 saturated heterocycles. The van der Waals surface area contributed by atoms with Crippen molar-refractivity contribution in [1.82, 2.24) is 4.72 Å². The van der Waals surface area contributed by atoms with Crippen molar-refractivity contribution < 1.29 is 17.6 Å². The maximum atomic E-state index is 12.2. The zero-order chi connectivity index (χ0) is 14.4. The molecule has 0 aliphatic carbocycles. The van der Waals surface area contributed by atoms with E-state index in [0.29, 0.717) is 25.3 Å². The molecule has 0 bridgehead atoms. The summed E-state index contributed by atoms with van der Waals surface area (Å²) in [5.74, 6) is 0.366. The fourth-order valence-electron chi connectivity index (χ4n) is 1.79. The van der Waals surface area contributed by atoms with Gasteiger partial charge in [0.2, 0.25) is 10.0 Å². The molecule has 0 aliphatic heterocycles. The average molecular weight is 295 g/mol. The van der Waals surface area contributed by atoms with Gasteiger partial charge in [-0.2, -0.15) is 0 Å². The number of nitrogens with one attached hydrogen (secondary N) is 1. The van der Waals surface area contributed by atoms with Crippen molar-refractivity contribution in [3.63, 3.8) is 0 Å². The lowest BCUT2D eigenvalue weighted by molar-refractivity contribution is 0.331. The smallest absolute Gasteiger partial charge is 0.244 e. The molecule has 0 unspecified atom stereocenters. The first-order valence-corrected chi connectivity index (χ1v) is 7.84. The minimum absolute atomic E-state index is 0.161. The summed E-state index contributed by atoms with van der Waals surface area (Å²) in [6.07, 6.45) is 3.74. The van der Waals surface area contributed by atoms with Crippen LogP contribution in [0.25, 0.3) is 0 Å². The predicted molar refractivity (Wildman–Crippen MR) is 75.2 cm³/mol. The number of benzene rings is 1. The van der Waals surface area contributed by atoms with Crippen LogP contribution in [0.15, 0.2) is 52.2 Å². The van der Waals surface area contributed by atoms with Gasteiger partial charge in [0.05, 0.1) is 19.1 Å². The van der Waals surface area contributed by atoms with E-state index in [1.165, 1.54) is 6.07 Å². The fourth-order valence-corrected chi connectivity index (χ4v) is 2.97. The van der Waals surface area contributed by atoms with E-state index in [2.05, 4.69) is 4.72 Å². The topological polar surface area (TPSA) is 68.5 Å². The maximum Gasteiger partial charge on any atom is 0.244 e. The quantitative estimate of drug-likeness (QED) is 0.850. The summed E-state index contributed by atoms with van der Waals surface area (Å²) in [6, 6.07) is 8.41. The second kappa shape index (κ2) is 6.58. The zero-order valence-electron chi connectivity index (χ0n) is 11.2. The van der Waals surface area contributed by atoms with E-state index in [1.54, 1.807) is 30.7 Å². The predicted octanol–water partition coefficient (Wildman–Crippen LogP) is 2.20. The van der Waals surface area contributed by atoms with Crippen LogP contribution in [0.3, 0.4) is 0 Å². The molecule has 5 nitrogen and oxygen atoms in total. The molecular weight excluding hydrogens is 278 g/mol. The van der Waals surface area contributed by atoms with E-state index >= 15 is 0 Å². The van der Waals surface area contributed by atoms with Crippen molar-refractivity contribution in [3.8, 4) is 5.75 Å². The number of hydrogen-bond acceptors (Lipinski definition) is 4. The SMILES string of the molecule is CCOc1ccccc1S(=O)(=O)NCCc1ccoc1. The van der Waals surface area contributed by atoms with Gasteiger partial charge in [-0.25, -0.2) is 13.1 Å². The minimum Gasteiger partial charge on any atom is -0.492 e. The van der Waals surface area contributed by atoms with Gasteiger partial charge in [0.25, 0.3) is 0 Å². The Hall–Kier alpha value is -1.79. The Balaban J connectivity index is 2.06. The van der Waals surface area contributed by atoms with E-state index in [1.807, 2.05) is 13.0 Å². The maximum absolute atomic E-state index is 12.2. The molecule has 1 heterocycles. The number of ether oxygens (including phenoxy) is 1. The summed E-state index contributed by atoms with van der Waals surface area (Å²) in [7, 11) is -3.57. The second-order valence-corrected chi connectivity index (χ2v) is 5.89. The lowest BCUT2D eigenvalue weighted by atomic mass is 10.2. The van der Waals surface area contributed by atoms with Crippen LogP contribution in [-0.2, 0) is 16.4 Å². The minimum atomic E-state index is -3.57. The number of furan rings is 1. The molecule has 0 aliphatic rings. The Bertz CT molecular complexity index is 635. The van der Waals surface area contributed by atoms with Crippen LogP contribution in [-0.4, -0.2) is 21.6 Å². The third-order valence-electron chi connectivity index (χ3n) is 2.72. The molecule has 6 heteroatoms. The molecule has 0 radical (unpaired) electrons. The number of sulfonamides is 1. The highest BCUT2D eigenvalue weighted by Gasteiger charge is 2.18. The molecule has 0 atom stereocenters. The van der Waals surface area contributed by atoms with Crippen molar-refractivity contribution >= 4 is 10.0 Å². The first-order valence-electron chi connectivity index (χ1n) is 6.36. The highest BCUT2D eigenvalue weighted by Crippen LogP contribution is 2.22. The molecule has 1 N–H and O–H groups in total. The molecule has 1 aromatic heterocycles. The molecule has 1 aromatic carbocycles. The van der Waals surface area contributed by atoms with E-state index in [4.69, 9.17) is 9.15 Å². The van der Waals surface area contributed by atoms with Crippen molar-refractivity contribution in [3.05, 3.63) is 48.4 Å². The summed E-state index contributed by atoms with van der Waals surface area (Å²) in [6.45, 7) is 2.54. The number of para-hydroxylation sites is 1. The standard InChI is InChI=1S/C14H17NO4S/c1-2-19-13-5-3-4-6-14(13)20(16,17)15-9-7-12-8-10-18-11-12/h3-6,8,10-11,15H,2,7,9H2,1H3. The van der Waals surface area contributed by atoms with Crippen LogP contribution in [0, 0.1) is 0 Å². The van der Waals surface area contributed by atoms with Gasteiger partial charge in [0, 0.05) is 6.54 Å². The fraction of sp³-hybridized carbons (Fsp3) is 0.286. The first-order chi connectivity index (χ1) is 9.63. The van der Waals surface area contributed by atoms with Gasteiger partial charge in [0.1, 0.15) is 10.6 Å². The highest BCUT2D eigenvalue weighted by molar-refractivity contribution is 7.89. The van der Waals surface area contributed by atoms with Crippen molar-refractivity contribution in [1.29, 1.82) is 0 Å². The number of hydrogen-bond donors (Lipinski definition) is 1. The van der Waals surface area contributed by atoms with Crippen LogP contribution in [0.4, 0.5) is 0 Å². The Morgan fingerprint density at radius 2 is 2.05 bits per heavy atom. The third kappa shape index (κ3) is 3.61. The van der Waals surface area contributed by atoms with E-state index in [9.17, 15) is 8.42 Å². The van der Waals surface area contributed by atoms with Crippen molar-refractivity contribution in [2.75, 3.05) is 13.2 Å². The van der Waals surface area contributed by atoms with Gasteiger partial charge in [0.15, 0.2) is 0 Å². The van der Waals surface area contributed by atoms with Crippen molar-refractivity contribution in [2.45, 2.75) is 18.2 Å². The Labute approximate surface area is 118 Å². The van der Waals surface area contributed by atoms with Crippen LogP contribution in [0.5, 0.6) is 5.75 Å². The Morgan fingerprint density at radius 1 is 1.25 bits per heavy atom. The molecule has 2 aromatic rings. The summed E-state index contributed by atoms with van der Waals surface area (Å²) in [5.41, 5.74) is 0.950. The van der Waals surface area contributed by atoms with Crippen molar-refractivity contribution in [2.24, 2.45) is 0 Å². The summed E-state index contributed by atoms with van der Waals surface area (Å²) in [4.78, 5) is 0.161. The van der Waals surface area contributed by atoms with Crippen LogP contribution in [0.1, 0.15) is 12.5 Å². The van der Waals surface area contributed by atoms with Crippen LogP contribution < -0.4 is 9.46 Å². The largest absolute Gasteiger partial charge is 0.492 e. The van der Waals surface area contributed by atoms with E-state index < -0.39 is 10.0 Å². The summed E-state index contributed by atoms with van der Waals surface area (Å²) < 4.78 is 37.3. The zero-order valence-corrected chi connectivity index (χ0v) is 12.0. The van der Waals surface area contributed by atoms with Gasteiger partial charge in [-0.15, -0.1) is 0 Å². The van der Waals surface area contributed by atoms with E-state index in [-0.39, 0.29) is 4.90 Å². The molecular formula is C14H17NO4S. The van der Waals surface area contributed by atoms with E-state index in [0.717, 1.165) is 5.56 Å². The molecule has 0 amide bonds. The van der Waals surface area contributed by atoms with Crippen LogP contribution in [0.2, 0.25) is 0 Å². The summed E-state index contributed by atoms with van der Waals surface area (Å²) >= 11 is 0. The first kappa shape index (κ1) is 14.6. The highest BCUT2D eigenvalue weighted by atomic mass is 32.2. The molecule has 0 fully saturated rings. The molecule has 0 saturated carbocycles. The summed E-state index contributed by atoms with van der Waals surface area (Å²) in [5, 5.41) is 0. The van der Waals surface area contributed by atoms with Crippen LogP contribution >= 0.6 is 0 Å². The molecule has 2 rings (SSSR count). The molecule has 0 spiro atoms. The normalized spacial score (nSPS) is 11.4. The Morgan fingerprint density at radius 3 is 2.75 bits per heavy atom. The molecule has 108 valence electrons.